The Morgan fingerprint density at radius 2 is 2.05 bits per heavy atom. The van der Waals surface area contributed by atoms with E-state index in [1.165, 1.54) is 16.6 Å². The zero-order chi connectivity index (χ0) is 14.3. The fourth-order valence-electron chi connectivity index (χ4n) is 1.83. The first-order valence-corrected chi connectivity index (χ1v) is 8.19. The van der Waals surface area contributed by atoms with Crippen molar-refractivity contribution in [1.82, 2.24) is 15.0 Å². The zero-order valence-electron chi connectivity index (χ0n) is 11.2. The Balaban J connectivity index is 1.89. The van der Waals surface area contributed by atoms with E-state index in [4.69, 9.17) is 16.0 Å². The van der Waals surface area contributed by atoms with Gasteiger partial charge in [0.2, 0.25) is 0 Å². The summed E-state index contributed by atoms with van der Waals surface area (Å²) in [4.78, 5) is 15.3. The van der Waals surface area contributed by atoms with Crippen LogP contribution in [-0.2, 0) is 5.75 Å². The summed E-state index contributed by atoms with van der Waals surface area (Å²) in [6, 6.07) is 0. The number of hydrogen-bond donors (Lipinski definition) is 0. The molecule has 3 heterocycles. The lowest BCUT2D eigenvalue weighted by atomic mass is 10.2. The van der Waals surface area contributed by atoms with E-state index in [1.54, 1.807) is 17.6 Å². The first-order chi connectivity index (χ1) is 9.54. The lowest BCUT2D eigenvalue weighted by Gasteiger charge is -2.00. The molecule has 4 nitrogen and oxygen atoms in total. The molecule has 3 aromatic rings. The highest BCUT2D eigenvalue weighted by atomic mass is 35.5. The van der Waals surface area contributed by atoms with Crippen molar-refractivity contribution in [2.75, 3.05) is 0 Å². The average molecular weight is 326 g/mol. The quantitative estimate of drug-likeness (QED) is 0.522. The second-order valence-corrected chi connectivity index (χ2v) is 6.93. The predicted octanol–water partition coefficient (Wildman–Crippen LogP) is 4.55. The van der Waals surface area contributed by atoms with Crippen LogP contribution in [0.4, 0.5) is 0 Å². The molecule has 7 heteroatoms. The van der Waals surface area contributed by atoms with Gasteiger partial charge in [0.25, 0.3) is 5.22 Å². The molecule has 0 aromatic carbocycles. The smallest absolute Gasteiger partial charge is 0.256 e. The van der Waals surface area contributed by atoms with Gasteiger partial charge in [-0.1, -0.05) is 23.4 Å². The first kappa shape index (κ1) is 13.9. The summed E-state index contributed by atoms with van der Waals surface area (Å²) in [5, 5.41) is 2.12. The van der Waals surface area contributed by atoms with Gasteiger partial charge in [0.1, 0.15) is 22.1 Å². The summed E-state index contributed by atoms with van der Waals surface area (Å²) in [5.74, 6) is 1.29. The molecule has 0 fully saturated rings. The van der Waals surface area contributed by atoms with Gasteiger partial charge in [0, 0.05) is 4.88 Å². The molecule has 0 unspecified atom stereocenters. The molecule has 0 radical (unpaired) electrons. The Morgan fingerprint density at radius 1 is 1.25 bits per heavy atom. The van der Waals surface area contributed by atoms with Gasteiger partial charge in [-0.25, -0.2) is 15.0 Å². The number of thiophene rings is 1. The third-order valence-corrected chi connectivity index (χ3v) is 5.17. The third kappa shape index (κ3) is 2.55. The van der Waals surface area contributed by atoms with Crippen LogP contribution < -0.4 is 0 Å². The molecule has 3 rings (SSSR count). The molecule has 0 saturated carbocycles. The lowest BCUT2D eigenvalue weighted by molar-refractivity contribution is 0.454. The summed E-state index contributed by atoms with van der Waals surface area (Å²) in [5.41, 5.74) is 2.03. The van der Waals surface area contributed by atoms with Crippen molar-refractivity contribution in [1.29, 1.82) is 0 Å². The van der Waals surface area contributed by atoms with Crippen LogP contribution in [-0.4, -0.2) is 15.0 Å². The number of halogens is 1. The Hall–Kier alpha value is -1.11. The maximum Gasteiger partial charge on any atom is 0.256 e. The SMILES string of the molecule is Cc1coc(SCc2nc(Cl)c3c(C)c(C)sc3n2)n1. The number of aromatic nitrogens is 3. The van der Waals surface area contributed by atoms with Crippen LogP contribution in [0.15, 0.2) is 15.9 Å². The van der Waals surface area contributed by atoms with Gasteiger partial charge in [-0.3, -0.25) is 0 Å². The van der Waals surface area contributed by atoms with Crippen LogP contribution in [0.2, 0.25) is 5.15 Å². The number of oxazole rings is 1. The van der Waals surface area contributed by atoms with E-state index in [0.717, 1.165) is 21.5 Å². The molecule has 0 spiro atoms. The Morgan fingerprint density at radius 3 is 2.75 bits per heavy atom. The highest BCUT2D eigenvalue weighted by molar-refractivity contribution is 7.98. The second-order valence-electron chi connectivity index (χ2n) is 4.44. The van der Waals surface area contributed by atoms with Crippen LogP contribution in [0.25, 0.3) is 10.2 Å². The molecule has 104 valence electrons. The Kier molecular flexibility index (Phi) is 3.70. The molecule has 3 aromatic heterocycles. The van der Waals surface area contributed by atoms with Crippen LogP contribution >= 0.6 is 34.7 Å². The van der Waals surface area contributed by atoms with E-state index >= 15 is 0 Å². The molecule has 0 bridgehead atoms. The second kappa shape index (κ2) is 5.35. The molecular formula is C13H12ClN3OS2. The van der Waals surface area contributed by atoms with E-state index in [-0.39, 0.29) is 0 Å². The van der Waals surface area contributed by atoms with Crippen molar-refractivity contribution in [3.8, 4) is 0 Å². The standard InChI is InChI=1S/C13H12ClN3OS2/c1-6-4-18-13(15-6)19-5-9-16-11(14)10-7(2)8(3)20-12(10)17-9/h4H,5H2,1-3H3. The number of nitrogens with zero attached hydrogens (tertiary/aromatic N) is 3. The maximum absolute atomic E-state index is 6.27. The maximum atomic E-state index is 6.27. The largest absolute Gasteiger partial charge is 0.440 e. The van der Waals surface area contributed by atoms with Gasteiger partial charge in [0.05, 0.1) is 16.8 Å². The van der Waals surface area contributed by atoms with Crippen LogP contribution in [0.1, 0.15) is 22.0 Å². The number of fused-ring (bicyclic) bond motifs is 1. The fraction of sp³-hybridized carbons (Fsp3) is 0.308. The van der Waals surface area contributed by atoms with Gasteiger partial charge in [-0.05, 0) is 26.3 Å². The van der Waals surface area contributed by atoms with E-state index < -0.39 is 0 Å². The molecule has 0 amide bonds. The minimum Gasteiger partial charge on any atom is -0.440 e. The molecule has 20 heavy (non-hydrogen) atoms. The first-order valence-electron chi connectivity index (χ1n) is 6.01. The molecule has 0 aliphatic heterocycles. The molecule has 0 aliphatic rings. The highest BCUT2D eigenvalue weighted by Gasteiger charge is 2.14. The Bertz CT molecular complexity index is 781. The zero-order valence-corrected chi connectivity index (χ0v) is 13.6. The van der Waals surface area contributed by atoms with Crippen LogP contribution in [0.3, 0.4) is 0 Å². The number of hydrogen-bond acceptors (Lipinski definition) is 6. The molecule has 0 N–H and O–H groups in total. The summed E-state index contributed by atoms with van der Waals surface area (Å²) in [7, 11) is 0. The fourth-order valence-corrected chi connectivity index (χ4v) is 3.97. The minimum absolute atomic E-state index is 0.524. The van der Waals surface area contributed by atoms with E-state index in [0.29, 0.717) is 22.0 Å². The topological polar surface area (TPSA) is 51.8 Å². The molecule has 0 aliphatic carbocycles. The van der Waals surface area contributed by atoms with Gasteiger partial charge in [0.15, 0.2) is 0 Å². The van der Waals surface area contributed by atoms with Crippen molar-refractivity contribution in [2.45, 2.75) is 31.7 Å². The van der Waals surface area contributed by atoms with E-state index in [9.17, 15) is 0 Å². The van der Waals surface area contributed by atoms with Crippen molar-refractivity contribution >= 4 is 44.9 Å². The van der Waals surface area contributed by atoms with Crippen molar-refractivity contribution < 1.29 is 4.42 Å². The average Bonchev–Trinajstić information content (AvgIpc) is 2.92. The normalized spacial score (nSPS) is 11.4. The van der Waals surface area contributed by atoms with Crippen LogP contribution in [0, 0.1) is 20.8 Å². The van der Waals surface area contributed by atoms with Crippen molar-refractivity contribution in [2.24, 2.45) is 0 Å². The monoisotopic (exact) mass is 325 g/mol. The Labute approximate surface area is 129 Å². The minimum atomic E-state index is 0.524. The number of aryl methyl sites for hydroxylation is 3. The van der Waals surface area contributed by atoms with E-state index in [2.05, 4.69) is 21.9 Å². The number of thioether (sulfide) groups is 1. The van der Waals surface area contributed by atoms with Crippen molar-refractivity contribution in [3.63, 3.8) is 0 Å². The highest BCUT2D eigenvalue weighted by Crippen LogP contribution is 2.33. The van der Waals surface area contributed by atoms with Crippen LogP contribution in [0.5, 0.6) is 0 Å². The predicted molar refractivity (Wildman–Crippen MR) is 82.7 cm³/mol. The summed E-state index contributed by atoms with van der Waals surface area (Å²) < 4.78 is 5.29. The lowest BCUT2D eigenvalue weighted by Crippen LogP contribution is -1.93. The number of rotatable bonds is 3. The molecule has 0 atom stereocenters. The summed E-state index contributed by atoms with van der Waals surface area (Å²) in [6.07, 6.45) is 1.63. The van der Waals surface area contributed by atoms with Gasteiger partial charge in [-0.2, -0.15) is 0 Å². The van der Waals surface area contributed by atoms with Gasteiger partial charge in [-0.15, -0.1) is 11.3 Å². The van der Waals surface area contributed by atoms with E-state index in [1.807, 2.05) is 13.8 Å². The van der Waals surface area contributed by atoms with Gasteiger partial charge < -0.3 is 4.42 Å². The molecule has 0 saturated heterocycles. The summed E-state index contributed by atoms with van der Waals surface area (Å²) >= 11 is 9.39. The third-order valence-electron chi connectivity index (χ3n) is 2.95. The molecular weight excluding hydrogens is 314 g/mol. The van der Waals surface area contributed by atoms with Gasteiger partial charge >= 0.3 is 0 Å². The van der Waals surface area contributed by atoms with Crippen molar-refractivity contribution in [3.05, 3.63) is 33.4 Å². The summed E-state index contributed by atoms with van der Waals surface area (Å²) in [6.45, 7) is 6.01.